The van der Waals surface area contributed by atoms with Gasteiger partial charge in [-0.1, -0.05) is 19.4 Å². The highest BCUT2D eigenvalue weighted by Gasteiger charge is 2.60. The van der Waals surface area contributed by atoms with Gasteiger partial charge in [-0.05, 0) is 85.9 Å². The summed E-state index contributed by atoms with van der Waals surface area (Å²) < 4.78 is 5.52. The Morgan fingerprint density at radius 1 is 1.26 bits per heavy atom. The molecule has 8 atom stereocenters. The molecule has 148 valence electrons. The molecule has 4 rings (SSSR count). The van der Waals surface area contributed by atoms with E-state index in [0.29, 0.717) is 23.7 Å². The summed E-state index contributed by atoms with van der Waals surface area (Å²) in [5.41, 5.74) is 1.74. The number of ether oxygens (including phenoxy) is 1. The third-order valence-corrected chi connectivity index (χ3v) is 9.05. The van der Waals surface area contributed by atoms with Crippen LogP contribution >= 0.6 is 0 Å². The highest BCUT2D eigenvalue weighted by molar-refractivity contribution is 5.66. The summed E-state index contributed by atoms with van der Waals surface area (Å²) >= 11 is 0. The molecule has 0 aliphatic heterocycles. The summed E-state index contributed by atoms with van der Waals surface area (Å²) in [6, 6.07) is 0. The first-order chi connectivity index (χ1) is 12.8. The van der Waals surface area contributed by atoms with E-state index >= 15 is 0 Å². The van der Waals surface area contributed by atoms with Crippen LogP contribution in [0.1, 0.15) is 72.1 Å². The third kappa shape index (κ3) is 2.85. The Morgan fingerprint density at radius 3 is 2.74 bits per heavy atom. The lowest BCUT2D eigenvalue weighted by atomic mass is 9.45. The summed E-state index contributed by atoms with van der Waals surface area (Å²) in [6.07, 6.45) is 9.60. The third-order valence-electron chi connectivity index (χ3n) is 9.05. The second kappa shape index (κ2) is 6.62. The minimum absolute atomic E-state index is 0.149. The number of esters is 1. The van der Waals surface area contributed by atoms with Crippen molar-refractivity contribution in [3.63, 3.8) is 0 Å². The molecule has 4 heteroatoms. The molecule has 0 amide bonds. The van der Waals surface area contributed by atoms with Gasteiger partial charge in [0.1, 0.15) is 6.10 Å². The maximum Gasteiger partial charge on any atom is 0.302 e. The number of carbonyl (C=O) groups is 1. The summed E-state index contributed by atoms with van der Waals surface area (Å²) in [5.74, 6) is 2.28. The van der Waals surface area contributed by atoms with Gasteiger partial charge in [-0.15, -0.1) is 0 Å². The molecule has 4 fully saturated rings. The van der Waals surface area contributed by atoms with E-state index in [-0.39, 0.29) is 22.9 Å². The van der Waals surface area contributed by atoms with Crippen LogP contribution in [-0.4, -0.2) is 23.3 Å². The highest BCUT2D eigenvalue weighted by atomic mass is 16.6. The Balaban J connectivity index is 1.61. The van der Waals surface area contributed by atoms with Crippen LogP contribution in [0.3, 0.4) is 0 Å². The van der Waals surface area contributed by atoms with Crippen molar-refractivity contribution in [2.75, 3.05) is 0 Å². The largest absolute Gasteiger partial charge is 0.460 e. The van der Waals surface area contributed by atoms with Gasteiger partial charge in [-0.2, -0.15) is 0 Å². The van der Waals surface area contributed by atoms with Crippen molar-refractivity contribution in [1.29, 1.82) is 0 Å². The van der Waals surface area contributed by atoms with Crippen LogP contribution < -0.4 is 0 Å². The first-order valence-corrected chi connectivity index (χ1v) is 10.7. The Hall–Kier alpha value is -1.34. The van der Waals surface area contributed by atoms with E-state index in [4.69, 9.17) is 11.3 Å². The average Bonchev–Trinajstić information content (AvgIpc) is 2.93. The number of allylic oxidation sites excluding steroid dienone is 1. The average molecular weight is 372 g/mol. The van der Waals surface area contributed by atoms with Gasteiger partial charge < -0.3 is 9.84 Å². The van der Waals surface area contributed by atoms with Crippen molar-refractivity contribution in [3.05, 3.63) is 23.2 Å². The molecule has 0 aromatic rings. The zero-order valence-electron chi connectivity index (χ0n) is 16.9. The van der Waals surface area contributed by atoms with Crippen molar-refractivity contribution in [2.45, 2.75) is 84.3 Å². The second-order valence-electron chi connectivity index (χ2n) is 10.1. The van der Waals surface area contributed by atoms with Gasteiger partial charge in [0.2, 0.25) is 0 Å². The summed E-state index contributed by atoms with van der Waals surface area (Å²) in [7, 11) is 0. The molecule has 0 unspecified atom stereocenters. The fourth-order valence-corrected chi connectivity index (χ4v) is 7.72. The predicted molar refractivity (Wildman–Crippen MR) is 103 cm³/mol. The van der Waals surface area contributed by atoms with E-state index in [9.17, 15) is 9.90 Å². The quantitative estimate of drug-likeness (QED) is 0.535. The SMILES string of the molecule is [C-]#[N+]/C=C1/CC[C@H]2[C@@H]3CC[C@H]4C[C@H](O)[C@@H](OC(C)=O)C[C@]4(C)[C@H]3CC[C@]12C. The van der Waals surface area contributed by atoms with E-state index in [1.54, 1.807) is 6.20 Å². The molecule has 4 saturated carbocycles. The zero-order chi connectivity index (χ0) is 19.4. The fraction of sp³-hybridized carbons (Fsp3) is 0.826. The van der Waals surface area contributed by atoms with E-state index in [0.717, 1.165) is 19.3 Å². The standard InChI is InChI=1S/C23H33NO3/c1-14(25)27-21-12-23(3)15(11-20(21)26)5-7-17-18-8-6-16(13-24-4)22(18,2)10-9-19(17)23/h13,15,17-21,26H,5-12H2,1-3H3/b16-13-/t15-,17-,18-,19-,20-,21-,22+,23-/m0/s1. The van der Waals surface area contributed by atoms with Crippen LogP contribution in [0, 0.1) is 41.1 Å². The van der Waals surface area contributed by atoms with Crippen LogP contribution in [0.4, 0.5) is 0 Å². The maximum absolute atomic E-state index is 11.5. The van der Waals surface area contributed by atoms with Gasteiger partial charge in [0.05, 0.1) is 12.7 Å². The smallest absolute Gasteiger partial charge is 0.302 e. The number of aliphatic hydroxyl groups is 1. The number of rotatable bonds is 1. The molecule has 1 N–H and O–H groups in total. The lowest BCUT2D eigenvalue weighted by Gasteiger charge is -2.61. The first kappa shape index (κ1) is 19.0. The summed E-state index contributed by atoms with van der Waals surface area (Å²) in [6.45, 7) is 13.5. The first-order valence-electron chi connectivity index (χ1n) is 10.7. The topological polar surface area (TPSA) is 50.9 Å². The molecule has 4 aliphatic rings. The Morgan fingerprint density at radius 2 is 2.04 bits per heavy atom. The number of carbonyl (C=O) groups excluding carboxylic acids is 1. The molecule has 0 heterocycles. The Bertz CT molecular complexity index is 694. The van der Waals surface area contributed by atoms with Crippen LogP contribution in [0.25, 0.3) is 4.85 Å². The van der Waals surface area contributed by atoms with Crippen LogP contribution in [0.15, 0.2) is 11.8 Å². The Kier molecular flexibility index (Phi) is 4.66. The van der Waals surface area contributed by atoms with Crippen molar-refractivity contribution >= 4 is 5.97 Å². The Labute approximate surface area is 163 Å². The minimum Gasteiger partial charge on any atom is -0.460 e. The van der Waals surface area contributed by atoms with Crippen LogP contribution in [0.5, 0.6) is 0 Å². The predicted octanol–water partition coefficient (Wildman–Crippen LogP) is 4.73. The molecular formula is C23H33NO3. The maximum atomic E-state index is 11.5. The lowest BCUT2D eigenvalue weighted by molar-refractivity contribution is -0.180. The number of fused-ring (bicyclic) bond motifs is 5. The van der Waals surface area contributed by atoms with E-state index in [2.05, 4.69) is 18.7 Å². The molecule has 0 spiro atoms. The molecule has 4 nitrogen and oxygen atoms in total. The molecule has 4 aliphatic carbocycles. The van der Waals surface area contributed by atoms with Crippen molar-refractivity contribution < 1.29 is 14.6 Å². The molecule has 0 aromatic carbocycles. The lowest BCUT2D eigenvalue weighted by Crippen LogP contribution is -2.56. The molecular weight excluding hydrogens is 338 g/mol. The number of hydrogen-bond acceptors (Lipinski definition) is 3. The van der Waals surface area contributed by atoms with Crippen molar-refractivity contribution in [3.8, 4) is 0 Å². The highest BCUT2D eigenvalue weighted by Crippen LogP contribution is 2.67. The molecule has 0 saturated heterocycles. The van der Waals surface area contributed by atoms with Gasteiger partial charge in [0, 0.05) is 6.92 Å². The van der Waals surface area contributed by atoms with Crippen molar-refractivity contribution in [2.24, 2.45) is 34.5 Å². The van der Waals surface area contributed by atoms with Gasteiger partial charge in [0.25, 0.3) is 0 Å². The fourth-order valence-electron chi connectivity index (χ4n) is 7.72. The zero-order valence-corrected chi connectivity index (χ0v) is 16.9. The van der Waals surface area contributed by atoms with Gasteiger partial charge in [0.15, 0.2) is 6.20 Å². The number of nitrogens with zero attached hydrogens (tertiary/aromatic N) is 1. The summed E-state index contributed by atoms with van der Waals surface area (Å²) in [4.78, 5) is 15.1. The molecule has 0 radical (unpaired) electrons. The van der Waals surface area contributed by atoms with Crippen LogP contribution in [0.2, 0.25) is 0 Å². The van der Waals surface area contributed by atoms with Gasteiger partial charge in [-0.3, -0.25) is 4.79 Å². The molecule has 0 bridgehead atoms. The summed E-state index contributed by atoms with van der Waals surface area (Å²) in [5, 5.41) is 10.5. The van der Waals surface area contributed by atoms with E-state index in [1.807, 2.05) is 0 Å². The van der Waals surface area contributed by atoms with Gasteiger partial charge in [-0.25, -0.2) is 4.85 Å². The minimum atomic E-state index is -0.517. The van der Waals surface area contributed by atoms with Crippen LogP contribution in [-0.2, 0) is 9.53 Å². The van der Waals surface area contributed by atoms with E-state index in [1.165, 1.54) is 44.6 Å². The normalized spacial score (nSPS) is 50.3. The van der Waals surface area contributed by atoms with Gasteiger partial charge >= 0.3 is 5.97 Å². The van der Waals surface area contributed by atoms with Crippen molar-refractivity contribution in [1.82, 2.24) is 0 Å². The molecule has 27 heavy (non-hydrogen) atoms. The monoisotopic (exact) mass is 371 g/mol. The van der Waals surface area contributed by atoms with E-state index < -0.39 is 6.10 Å². The molecule has 0 aromatic heterocycles. The second-order valence-corrected chi connectivity index (χ2v) is 10.1. The number of aliphatic hydroxyl groups excluding tert-OH is 1. The number of hydrogen-bond donors (Lipinski definition) is 1.